The molecule has 5 heteroatoms. The Balaban J connectivity index is 1.94. The van der Waals surface area contributed by atoms with Crippen LogP contribution in [0.2, 0.25) is 0 Å². The highest BCUT2D eigenvalue weighted by Crippen LogP contribution is 2.24. The van der Waals surface area contributed by atoms with Crippen LogP contribution in [0.3, 0.4) is 0 Å². The molecular weight excluding hydrogens is 238 g/mol. The first-order chi connectivity index (χ1) is 9.19. The van der Waals surface area contributed by atoms with Crippen LogP contribution in [0.4, 0.5) is 5.82 Å². The van der Waals surface area contributed by atoms with Gasteiger partial charge in [-0.3, -0.25) is 0 Å². The van der Waals surface area contributed by atoms with Crippen molar-refractivity contribution < 1.29 is 0 Å². The molecule has 1 saturated heterocycles. The van der Waals surface area contributed by atoms with Crippen LogP contribution in [0.15, 0.2) is 12.1 Å². The third-order valence-corrected chi connectivity index (χ3v) is 3.72. The molecule has 1 aromatic heterocycles. The van der Waals surface area contributed by atoms with Crippen molar-refractivity contribution in [2.45, 2.75) is 38.1 Å². The zero-order valence-electron chi connectivity index (χ0n) is 12.0. The molecule has 0 bridgehead atoms. The summed E-state index contributed by atoms with van der Waals surface area (Å²) in [4.78, 5) is 2.37. The minimum Gasteiger partial charge on any atom is -0.366 e. The fourth-order valence-electron chi connectivity index (χ4n) is 2.62. The number of hydrogen-bond acceptors (Lipinski definition) is 5. The summed E-state index contributed by atoms with van der Waals surface area (Å²) in [5.74, 6) is 1.37. The van der Waals surface area contributed by atoms with Crippen molar-refractivity contribution in [2.75, 3.05) is 32.0 Å². The van der Waals surface area contributed by atoms with Crippen LogP contribution in [0.5, 0.6) is 0 Å². The molecule has 0 spiro atoms. The average molecular weight is 263 g/mol. The lowest BCUT2D eigenvalue weighted by Gasteiger charge is -2.29. The van der Waals surface area contributed by atoms with Crippen LogP contribution >= 0.6 is 0 Å². The highest BCUT2D eigenvalue weighted by atomic mass is 15.2. The summed E-state index contributed by atoms with van der Waals surface area (Å²) in [6.07, 6.45) is 3.41. The standard InChI is InChI=1S/C14H25N5/c1-11(7-8-15)16-14-6-5-13(17-18-14)12-4-3-9-19(2)10-12/h5-6,11-12H,3-4,7-10,15H2,1-2H3,(H,16,18). The molecular formula is C14H25N5. The van der Waals surface area contributed by atoms with Crippen LogP contribution in [0.25, 0.3) is 0 Å². The van der Waals surface area contributed by atoms with Gasteiger partial charge in [-0.25, -0.2) is 0 Å². The molecule has 3 N–H and O–H groups in total. The van der Waals surface area contributed by atoms with Crippen molar-refractivity contribution in [3.05, 3.63) is 17.8 Å². The van der Waals surface area contributed by atoms with Crippen molar-refractivity contribution in [3.8, 4) is 0 Å². The van der Waals surface area contributed by atoms with Crippen molar-refractivity contribution in [3.63, 3.8) is 0 Å². The van der Waals surface area contributed by atoms with Gasteiger partial charge in [-0.1, -0.05) is 0 Å². The molecule has 0 radical (unpaired) electrons. The van der Waals surface area contributed by atoms with Crippen LogP contribution in [0, 0.1) is 0 Å². The molecule has 2 heterocycles. The Kier molecular flexibility index (Phi) is 5.10. The summed E-state index contributed by atoms with van der Waals surface area (Å²) in [6.45, 7) is 5.08. The Hall–Kier alpha value is -1.20. The molecule has 19 heavy (non-hydrogen) atoms. The Morgan fingerprint density at radius 3 is 2.95 bits per heavy atom. The average Bonchev–Trinajstić information content (AvgIpc) is 2.40. The van der Waals surface area contributed by atoms with Crippen molar-refractivity contribution >= 4 is 5.82 Å². The number of rotatable bonds is 5. The van der Waals surface area contributed by atoms with E-state index in [0.29, 0.717) is 18.5 Å². The lowest BCUT2D eigenvalue weighted by atomic mass is 9.95. The summed E-state index contributed by atoms with van der Waals surface area (Å²) in [5, 5.41) is 12.0. The molecule has 1 aliphatic rings. The van der Waals surface area contributed by atoms with Gasteiger partial charge < -0.3 is 16.0 Å². The summed E-state index contributed by atoms with van der Waals surface area (Å²) in [5.41, 5.74) is 6.65. The third kappa shape index (κ3) is 4.14. The van der Waals surface area contributed by atoms with Gasteiger partial charge >= 0.3 is 0 Å². The second-order valence-electron chi connectivity index (χ2n) is 5.57. The highest BCUT2D eigenvalue weighted by Gasteiger charge is 2.20. The monoisotopic (exact) mass is 263 g/mol. The van der Waals surface area contributed by atoms with Crippen molar-refractivity contribution in [2.24, 2.45) is 5.73 Å². The maximum Gasteiger partial charge on any atom is 0.148 e. The van der Waals surface area contributed by atoms with Crippen molar-refractivity contribution in [1.29, 1.82) is 0 Å². The quantitative estimate of drug-likeness (QED) is 0.841. The first kappa shape index (κ1) is 14.2. The summed E-state index contributed by atoms with van der Waals surface area (Å²) >= 11 is 0. The normalized spacial score (nSPS) is 22.2. The number of nitrogens with two attached hydrogens (primary N) is 1. The molecule has 2 rings (SSSR count). The predicted octanol–water partition coefficient (Wildman–Crippen LogP) is 1.43. The van der Waals surface area contributed by atoms with Crippen molar-refractivity contribution in [1.82, 2.24) is 15.1 Å². The number of aromatic nitrogens is 2. The van der Waals surface area contributed by atoms with E-state index in [4.69, 9.17) is 5.73 Å². The van der Waals surface area contributed by atoms with E-state index in [-0.39, 0.29) is 0 Å². The van der Waals surface area contributed by atoms with Crippen LogP contribution in [-0.2, 0) is 0 Å². The van der Waals surface area contributed by atoms with E-state index in [0.717, 1.165) is 24.5 Å². The van der Waals surface area contributed by atoms with Gasteiger partial charge in [0.15, 0.2) is 0 Å². The SMILES string of the molecule is CC(CCN)Nc1ccc(C2CCCN(C)C2)nn1. The molecule has 5 nitrogen and oxygen atoms in total. The van der Waals surface area contributed by atoms with E-state index in [2.05, 4.69) is 40.5 Å². The Labute approximate surface area is 115 Å². The summed E-state index contributed by atoms with van der Waals surface area (Å²) in [7, 11) is 2.17. The fraction of sp³-hybridized carbons (Fsp3) is 0.714. The van der Waals surface area contributed by atoms with Gasteiger partial charge in [0.2, 0.25) is 0 Å². The van der Waals surface area contributed by atoms with Gasteiger partial charge in [0, 0.05) is 18.5 Å². The lowest BCUT2D eigenvalue weighted by molar-refractivity contribution is 0.248. The minimum atomic E-state index is 0.339. The number of piperidine rings is 1. The highest BCUT2D eigenvalue weighted by molar-refractivity contribution is 5.34. The second-order valence-corrected chi connectivity index (χ2v) is 5.57. The fourth-order valence-corrected chi connectivity index (χ4v) is 2.62. The zero-order valence-corrected chi connectivity index (χ0v) is 12.0. The van der Waals surface area contributed by atoms with Gasteiger partial charge in [0.25, 0.3) is 0 Å². The largest absolute Gasteiger partial charge is 0.366 e. The molecule has 0 amide bonds. The first-order valence-electron chi connectivity index (χ1n) is 7.18. The molecule has 1 aliphatic heterocycles. The number of likely N-dealkylation sites (tertiary alicyclic amines) is 1. The van der Waals surface area contributed by atoms with Crippen LogP contribution in [0.1, 0.15) is 37.8 Å². The van der Waals surface area contributed by atoms with E-state index in [1.807, 2.05) is 6.07 Å². The molecule has 106 valence electrons. The van der Waals surface area contributed by atoms with Gasteiger partial charge in [0.05, 0.1) is 5.69 Å². The number of nitrogens with one attached hydrogen (secondary N) is 1. The molecule has 0 aromatic carbocycles. The zero-order chi connectivity index (χ0) is 13.7. The Bertz CT molecular complexity index is 378. The number of hydrogen-bond donors (Lipinski definition) is 2. The maximum atomic E-state index is 5.54. The van der Waals surface area contributed by atoms with E-state index in [9.17, 15) is 0 Å². The van der Waals surface area contributed by atoms with Gasteiger partial charge in [-0.05, 0) is 58.5 Å². The number of nitrogens with zero attached hydrogens (tertiary/aromatic N) is 3. The Morgan fingerprint density at radius 1 is 1.47 bits per heavy atom. The predicted molar refractivity (Wildman–Crippen MR) is 78.3 cm³/mol. The van der Waals surface area contributed by atoms with E-state index >= 15 is 0 Å². The second kappa shape index (κ2) is 6.82. The molecule has 2 atom stereocenters. The van der Waals surface area contributed by atoms with Crippen LogP contribution in [-0.4, -0.2) is 47.8 Å². The topological polar surface area (TPSA) is 67.1 Å². The van der Waals surface area contributed by atoms with E-state index < -0.39 is 0 Å². The molecule has 0 saturated carbocycles. The number of likely N-dealkylation sites (N-methyl/N-ethyl adjacent to an activating group) is 1. The molecule has 1 fully saturated rings. The third-order valence-electron chi connectivity index (χ3n) is 3.72. The van der Waals surface area contributed by atoms with Gasteiger partial charge in [-0.2, -0.15) is 5.10 Å². The van der Waals surface area contributed by atoms with E-state index in [1.54, 1.807) is 0 Å². The summed E-state index contributed by atoms with van der Waals surface area (Å²) < 4.78 is 0. The number of anilines is 1. The molecule has 0 aliphatic carbocycles. The molecule has 2 unspecified atom stereocenters. The first-order valence-corrected chi connectivity index (χ1v) is 7.18. The Morgan fingerprint density at radius 2 is 2.32 bits per heavy atom. The van der Waals surface area contributed by atoms with Crippen LogP contribution < -0.4 is 11.1 Å². The minimum absolute atomic E-state index is 0.339. The smallest absolute Gasteiger partial charge is 0.148 e. The summed E-state index contributed by atoms with van der Waals surface area (Å²) in [6, 6.07) is 4.48. The maximum absolute atomic E-state index is 5.54. The molecule has 1 aromatic rings. The van der Waals surface area contributed by atoms with Gasteiger partial charge in [-0.15, -0.1) is 5.10 Å². The lowest BCUT2D eigenvalue weighted by Crippen LogP contribution is -2.31. The van der Waals surface area contributed by atoms with Gasteiger partial charge in [0.1, 0.15) is 5.82 Å². The van der Waals surface area contributed by atoms with E-state index in [1.165, 1.54) is 19.4 Å².